The number of ether oxygens (including phenoxy) is 3. The second-order valence-corrected chi connectivity index (χ2v) is 7.72. The maximum absolute atomic E-state index is 13.5. The topological polar surface area (TPSA) is 65.0 Å². The minimum Gasteiger partial charge on any atom is -0.489 e. The maximum atomic E-state index is 13.5. The number of rotatable bonds is 8. The van der Waals surface area contributed by atoms with Gasteiger partial charge in [0, 0.05) is 5.56 Å². The van der Waals surface area contributed by atoms with Gasteiger partial charge in [0.25, 0.3) is 0 Å². The van der Waals surface area contributed by atoms with Gasteiger partial charge in [-0.3, -0.25) is 0 Å². The van der Waals surface area contributed by atoms with Crippen molar-refractivity contribution < 1.29 is 37.3 Å². The van der Waals surface area contributed by atoms with Gasteiger partial charge < -0.3 is 19.3 Å². The molecule has 0 aliphatic carbocycles. The molecule has 1 N–H and O–H groups in total. The van der Waals surface area contributed by atoms with Crippen LogP contribution in [0.5, 0.6) is 5.75 Å². The molecule has 3 aromatic carbocycles. The molecule has 1 fully saturated rings. The third kappa shape index (κ3) is 5.18. The van der Waals surface area contributed by atoms with Crippen molar-refractivity contribution in [1.29, 1.82) is 0 Å². The van der Waals surface area contributed by atoms with Crippen molar-refractivity contribution in [3.05, 3.63) is 89.5 Å². The molecule has 5 nitrogen and oxygen atoms in total. The van der Waals surface area contributed by atoms with Gasteiger partial charge in [-0.05, 0) is 41.0 Å². The normalized spacial score (nSPS) is 15.0. The molecular weight excluding hydrogens is 437 g/mol. The lowest BCUT2D eigenvalue weighted by Crippen LogP contribution is -2.49. The van der Waals surface area contributed by atoms with Crippen molar-refractivity contribution in [2.75, 3.05) is 19.8 Å². The van der Waals surface area contributed by atoms with Crippen molar-refractivity contribution in [2.45, 2.75) is 18.4 Å². The Balaban J connectivity index is 1.52. The summed E-state index contributed by atoms with van der Waals surface area (Å²) in [5, 5.41) is 8.87. The Labute approximate surface area is 188 Å². The monoisotopic (exact) mass is 458 g/mol. The predicted octanol–water partition coefficient (Wildman–Crippen LogP) is 5.28. The summed E-state index contributed by atoms with van der Waals surface area (Å²) in [6.07, 6.45) is -4.50. The van der Waals surface area contributed by atoms with Gasteiger partial charge >= 0.3 is 12.1 Å². The number of carbonyl (C=O) groups is 1. The third-order valence-corrected chi connectivity index (χ3v) is 5.43. The molecule has 172 valence electrons. The molecule has 33 heavy (non-hydrogen) atoms. The van der Waals surface area contributed by atoms with Gasteiger partial charge in [0.2, 0.25) is 0 Å². The zero-order valence-electron chi connectivity index (χ0n) is 17.5. The van der Waals surface area contributed by atoms with Crippen LogP contribution >= 0.6 is 0 Å². The summed E-state index contributed by atoms with van der Waals surface area (Å²) in [5.41, 5.74) is 0.633. The fourth-order valence-corrected chi connectivity index (χ4v) is 3.64. The number of aliphatic carboxylic acids is 1. The molecule has 0 atom stereocenters. The third-order valence-electron chi connectivity index (χ3n) is 5.43. The SMILES string of the molecule is O=C(O)COC1(c2ccc(OCc3cc(-c4ccccc4)ccc3C(F)(F)F)cc2)COC1. The van der Waals surface area contributed by atoms with Crippen LogP contribution in [0.15, 0.2) is 72.8 Å². The zero-order chi connectivity index (χ0) is 23.5. The van der Waals surface area contributed by atoms with Crippen LogP contribution in [0.25, 0.3) is 11.1 Å². The van der Waals surface area contributed by atoms with Crippen LogP contribution in [-0.2, 0) is 32.7 Å². The fourth-order valence-electron chi connectivity index (χ4n) is 3.64. The molecule has 1 aliphatic heterocycles. The van der Waals surface area contributed by atoms with Crippen LogP contribution in [0.3, 0.4) is 0 Å². The second kappa shape index (κ2) is 9.25. The van der Waals surface area contributed by atoms with Crippen LogP contribution in [0.1, 0.15) is 16.7 Å². The molecule has 3 aromatic rings. The summed E-state index contributed by atoms with van der Waals surface area (Å²) in [7, 11) is 0. The highest BCUT2D eigenvalue weighted by molar-refractivity contribution is 5.68. The van der Waals surface area contributed by atoms with E-state index in [0.717, 1.165) is 11.6 Å². The highest BCUT2D eigenvalue weighted by atomic mass is 19.4. The number of carboxylic acids is 1. The number of halogens is 3. The molecule has 0 radical (unpaired) electrons. The number of alkyl halides is 3. The molecule has 4 rings (SSSR count). The quantitative estimate of drug-likeness (QED) is 0.498. The van der Waals surface area contributed by atoms with Crippen molar-refractivity contribution in [3.63, 3.8) is 0 Å². The molecule has 1 saturated heterocycles. The Morgan fingerprint density at radius 3 is 2.24 bits per heavy atom. The lowest BCUT2D eigenvalue weighted by atomic mass is 9.91. The van der Waals surface area contributed by atoms with E-state index in [1.807, 2.05) is 30.3 Å². The maximum Gasteiger partial charge on any atom is 0.416 e. The molecular formula is C25H21F3O5. The average Bonchev–Trinajstić information content (AvgIpc) is 2.77. The summed E-state index contributed by atoms with van der Waals surface area (Å²) in [6, 6.07) is 19.8. The van der Waals surface area contributed by atoms with E-state index >= 15 is 0 Å². The van der Waals surface area contributed by atoms with E-state index in [2.05, 4.69) is 0 Å². The smallest absolute Gasteiger partial charge is 0.416 e. The Morgan fingerprint density at radius 1 is 0.970 bits per heavy atom. The molecule has 1 heterocycles. The molecule has 0 unspecified atom stereocenters. The van der Waals surface area contributed by atoms with Crippen LogP contribution < -0.4 is 4.74 Å². The molecule has 8 heteroatoms. The minimum absolute atomic E-state index is 0.0292. The first kappa shape index (κ1) is 22.8. The second-order valence-electron chi connectivity index (χ2n) is 7.72. The standard InChI is InChI=1S/C25H21F3O5/c26-25(27,28)22-11-6-18(17-4-2-1-3-5-17)12-19(22)13-32-21-9-7-20(8-10-21)24(15-31-16-24)33-14-23(29)30/h1-12H,13-16H2,(H,29,30). The van der Waals surface area contributed by atoms with Crippen molar-refractivity contribution in [2.24, 2.45) is 0 Å². The van der Waals surface area contributed by atoms with E-state index in [-0.39, 0.29) is 25.4 Å². The van der Waals surface area contributed by atoms with E-state index in [4.69, 9.17) is 19.3 Å². The minimum atomic E-state index is -4.50. The van der Waals surface area contributed by atoms with E-state index in [1.165, 1.54) is 12.1 Å². The molecule has 0 bridgehead atoms. The Kier molecular flexibility index (Phi) is 6.40. The Morgan fingerprint density at radius 2 is 1.67 bits per heavy atom. The van der Waals surface area contributed by atoms with Gasteiger partial charge in [0.15, 0.2) is 0 Å². The highest BCUT2D eigenvalue weighted by Crippen LogP contribution is 2.36. The zero-order valence-corrected chi connectivity index (χ0v) is 17.5. The molecule has 0 amide bonds. The van der Waals surface area contributed by atoms with E-state index in [1.54, 1.807) is 24.3 Å². The lowest BCUT2D eigenvalue weighted by molar-refractivity contribution is -0.220. The number of hydrogen-bond donors (Lipinski definition) is 1. The van der Waals surface area contributed by atoms with Gasteiger partial charge in [-0.25, -0.2) is 4.79 Å². The Hall–Kier alpha value is -3.36. The summed E-state index contributed by atoms with van der Waals surface area (Å²) in [6.45, 7) is -0.276. The van der Waals surface area contributed by atoms with Gasteiger partial charge in [-0.15, -0.1) is 0 Å². The summed E-state index contributed by atoms with van der Waals surface area (Å²) in [4.78, 5) is 10.8. The van der Waals surface area contributed by atoms with Crippen LogP contribution in [0.2, 0.25) is 0 Å². The summed E-state index contributed by atoms with van der Waals surface area (Å²) >= 11 is 0. The Bertz CT molecular complexity index is 1110. The molecule has 0 spiro atoms. The summed E-state index contributed by atoms with van der Waals surface area (Å²) in [5.74, 6) is -0.704. The van der Waals surface area contributed by atoms with Crippen LogP contribution in [0, 0.1) is 0 Å². The molecule has 0 saturated carbocycles. The number of hydrogen-bond acceptors (Lipinski definition) is 4. The van der Waals surface area contributed by atoms with Gasteiger partial charge in [0.1, 0.15) is 24.6 Å². The van der Waals surface area contributed by atoms with E-state index < -0.39 is 29.9 Å². The van der Waals surface area contributed by atoms with E-state index in [0.29, 0.717) is 16.9 Å². The van der Waals surface area contributed by atoms with Gasteiger partial charge in [0.05, 0.1) is 18.8 Å². The predicted molar refractivity (Wildman–Crippen MR) is 114 cm³/mol. The largest absolute Gasteiger partial charge is 0.489 e. The average molecular weight is 458 g/mol. The van der Waals surface area contributed by atoms with Crippen molar-refractivity contribution >= 4 is 5.97 Å². The van der Waals surface area contributed by atoms with Crippen LogP contribution in [0.4, 0.5) is 13.2 Å². The van der Waals surface area contributed by atoms with Crippen LogP contribution in [-0.4, -0.2) is 30.9 Å². The van der Waals surface area contributed by atoms with Gasteiger partial charge in [-0.2, -0.15) is 13.2 Å². The van der Waals surface area contributed by atoms with E-state index in [9.17, 15) is 18.0 Å². The van der Waals surface area contributed by atoms with Gasteiger partial charge in [-0.1, -0.05) is 48.5 Å². The summed E-state index contributed by atoms with van der Waals surface area (Å²) < 4.78 is 57.0. The fraction of sp³-hybridized carbons (Fsp3) is 0.240. The first-order chi connectivity index (χ1) is 15.8. The van der Waals surface area contributed by atoms with Crippen molar-refractivity contribution in [3.8, 4) is 16.9 Å². The lowest BCUT2D eigenvalue weighted by Gasteiger charge is -2.41. The first-order valence-corrected chi connectivity index (χ1v) is 10.2. The number of benzene rings is 3. The highest BCUT2D eigenvalue weighted by Gasteiger charge is 2.42. The molecule has 0 aromatic heterocycles. The number of carboxylic acid groups (broad SMARTS) is 1. The molecule has 1 aliphatic rings. The van der Waals surface area contributed by atoms with Crippen molar-refractivity contribution in [1.82, 2.24) is 0 Å². The first-order valence-electron chi connectivity index (χ1n) is 10.2.